The van der Waals surface area contributed by atoms with Crippen LogP contribution in [0.15, 0.2) is 24.3 Å². The molecule has 0 spiro atoms. The second kappa shape index (κ2) is 9.21. The number of rotatable bonds is 8. The zero-order valence-corrected chi connectivity index (χ0v) is 16.9. The number of hydrogen-bond acceptors (Lipinski definition) is 5. The summed E-state index contributed by atoms with van der Waals surface area (Å²) in [6.45, 7) is 7.48. The van der Waals surface area contributed by atoms with Crippen LogP contribution in [0.3, 0.4) is 0 Å². The molecule has 1 amide bonds. The van der Waals surface area contributed by atoms with Crippen molar-refractivity contribution in [2.24, 2.45) is 0 Å². The number of esters is 1. The van der Waals surface area contributed by atoms with Crippen molar-refractivity contribution >= 4 is 17.7 Å². The second-order valence-corrected chi connectivity index (χ2v) is 6.32. The topological polar surface area (TPSA) is 88.7 Å². The van der Waals surface area contributed by atoms with Gasteiger partial charge < -0.3 is 19.4 Å². The summed E-state index contributed by atoms with van der Waals surface area (Å²) in [5, 5.41) is 0. The molecule has 28 heavy (non-hydrogen) atoms. The maximum absolute atomic E-state index is 12.9. The Hall–Kier alpha value is -3.09. The van der Waals surface area contributed by atoms with E-state index in [-0.39, 0.29) is 30.5 Å². The molecule has 0 saturated heterocycles. The van der Waals surface area contributed by atoms with Gasteiger partial charge in [0, 0.05) is 23.4 Å². The van der Waals surface area contributed by atoms with Gasteiger partial charge in [-0.2, -0.15) is 0 Å². The average Bonchev–Trinajstić information content (AvgIpc) is 2.99. The molecule has 0 aliphatic rings. The van der Waals surface area contributed by atoms with E-state index in [1.807, 2.05) is 6.92 Å². The number of ether oxygens (including phenoxy) is 2. The molecule has 0 aliphatic carbocycles. The van der Waals surface area contributed by atoms with Crippen LogP contribution in [0.1, 0.15) is 56.3 Å². The first-order valence-corrected chi connectivity index (χ1v) is 9.16. The number of H-pyrrole nitrogens is 1. The largest absolute Gasteiger partial charge is 0.497 e. The summed E-state index contributed by atoms with van der Waals surface area (Å²) in [6, 6.07) is 6.81. The quantitative estimate of drug-likeness (QED) is 0.556. The Morgan fingerprint density at radius 1 is 1.14 bits per heavy atom. The van der Waals surface area contributed by atoms with Crippen LogP contribution in [-0.4, -0.2) is 54.3 Å². The van der Waals surface area contributed by atoms with Crippen molar-refractivity contribution in [3.63, 3.8) is 0 Å². The van der Waals surface area contributed by atoms with Gasteiger partial charge in [0.15, 0.2) is 5.78 Å². The van der Waals surface area contributed by atoms with Gasteiger partial charge in [-0.25, -0.2) is 4.79 Å². The summed E-state index contributed by atoms with van der Waals surface area (Å²) in [6.07, 6.45) is 0. The van der Waals surface area contributed by atoms with Gasteiger partial charge in [-0.05, 0) is 51.5 Å². The van der Waals surface area contributed by atoms with E-state index in [1.54, 1.807) is 45.0 Å². The van der Waals surface area contributed by atoms with Crippen LogP contribution < -0.4 is 4.74 Å². The third kappa shape index (κ3) is 4.42. The smallest absolute Gasteiger partial charge is 0.355 e. The molecular weight excluding hydrogens is 360 g/mol. The van der Waals surface area contributed by atoms with Crippen LogP contribution in [-0.2, 0) is 4.74 Å². The molecule has 1 aromatic heterocycles. The highest BCUT2D eigenvalue weighted by atomic mass is 16.5. The molecule has 1 N–H and O–H groups in total. The van der Waals surface area contributed by atoms with E-state index in [0.717, 1.165) is 0 Å². The molecule has 0 aliphatic heterocycles. The van der Waals surface area contributed by atoms with E-state index in [0.29, 0.717) is 34.7 Å². The van der Waals surface area contributed by atoms with Crippen molar-refractivity contribution in [3.05, 3.63) is 52.3 Å². The van der Waals surface area contributed by atoms with Gasteiger partial charge in [-0.3, -0.25) is 9.59 Å². The van der Waals surface area contributed by atoms with E-state index < -0.39 is 5.97 Å². The summed E-state index contributed by atoms with van der Waals surface area (Å²) in [5.74, 6) is -0.419. The van der Waals surface area contributed by atoms with Crippen LogP contribution in [0.5, 0.6) is 5.75 Å². The SMILES string of the molecule is CCOC(=O)c1[nH]c(C)c(C(=O)CN(CC)C(=O)c2cccc(OC)c2)c1C. The first-order chi connectivity index (χ1) is 13.3. The van der Waals surface area contributed by atoms with E-state index >= 15 is 0 Å². The van der Waals surface area contributed by atoms with Crippen molar-refractivity contribution < 1.29 is 23.9 Å². The molecule has 150 valence electrons. The summed E-state index contributed by atoms with van der Waals surface area (Å²) < 4.78 is 10.2. The van der Waals surface area contributed by atoms with Crippen molar-refractivity contribution in [1.82, 2.24) is 9.88 Å². The summed E-state index contributed by atoms with van der Waals surface area (Å²) in [4.78, 5) is 42.2. The van der Waals surface area contributed by atoms with Crippen molar-refractivity contribution in [2.75, 3.05) is 26.8 Å². The van der Waals surface area contributed by atoms with Crippen LogP contribution in [0.25, 0.3) is 0 Å². The number of ketones is 1. The zero-order chi connectivity index (χ0) is 20.8. The molecule has 0 radical (unpaired) electrons. The summed E-state index contributed by atoms with van der Waals surface area (Å²) in [7, 11) is 1.53. The number of nitrogens with one attached hydrogen (secondary N) is 1. The molecule has 0 bridgehead atoms. The van der Waals surface area contributed by atoms with Crippen molar-refractivity contribution in [3.8, 4) is 5.75 Å². The lowest BCUT2D eigenvalue weighted by Gasteiger charge is -2.20. The number of aryl methyl sites for hydroxylation is 1. The molecular formula is C21H26N2O5. The second-order valence-electron chi connectivity index (χ2n) is 6.32. The molecule has 1 heterocycles. The number of aromatic amines is 1. The predicted molar refractivity (Wildman–Crippen MR) is 105 cm³/mol. The van der Waals surface area contributed by atoms with Gasteiger partial charge in [-0.1, -0.05) is 6.07 Å². The van der Waals surface area contributed by atoms with Gasteiger partial charge >= 0.3 is 5.97 Å². The highest BCUT2D eigenvalue weighted by molar-refractivity contribution is 6.05. The Bertz CT molecular complexity index is 885. The van der Waals surface area contributed by atoms with Gasteiger partial charge in [0.25, 0.3) is 5.91 Å². The van der Waals surface area contributed by atoms with E-state index in [4.69, 9.17) is 9.47 Å². The van der Waals surface area contributed by atoms with E-state index in [2.05, 4.69) is 4.98 Å². The van der Waals surface area contributed by atoms with Crippen LogP contribution in [0.2, 0.25) is 0 Å². The zero-order valence-electron chi connectivity index (χ0n) is 16.9. The monoisotopic (exact) mass is 386 g/mol. The maximum Gasteiger partial charge on any atom is 0.355 e. The molecule has 0 fully saturated rings. The van der Waals surface area contributed by atoms with E-state index in [1.165, 1.54) is 12.0 Å². The Balaban J connectivity index is 2.24. The number of hydrogen-bond donors (Lipinski definition) is 1. The van der Waals surface area contributed by atoms with E-state index in [9.17, 15) is 14.4 Å². The van der Waals surface area contributed by atoms with Gasteiger partial charge in [0.05, 0.1) is 20.3 Å². The first kappa shape index (κ1) is 21.2. The molecule has 2 aromatic rings. The fourth-order valence-corrected chi connectivity index (χ4v) is 3.09. The number of benzene rings is 1. The minimum Gasteiger partial charge on any atom is -0.497 e. The third-order valence-corrected chi connectivity index (χ3v) is 4.52. The standard InChI is InChI=1S/C21H26N2O5/c1-6-23(20(25)15-9-8-10-16(11-15)27-5)12-17(24)18-13(3)19(22-14(18)4)21(26)28-7-2/h8-11,22H,6-7,12H2,1-5H3. The minimum atomic E-state index is -0.498. The number of carbonyl (C=O) groups is 3. The molecule has 0 saturated carbocycles. The van der Waals surface area contributed by atoms with Crippen LogP contribution in [0.4, 0.5) is 0 Å². The lowest BCUT2D eigenvalue weighted by atomic mass is 10.0. The number of carbonyl (C=O) groups excluding carboxylic acids is 3. The number of likely N-dealkylation sites (N-methyl/N-ethyl adjacent to an activating group) is 1. The van der Waals surface area contributed by atoms with Gasteiger partial charge in [-0.15, -0.1) is 0 Å². The molecule has 1 aromatic carbocycles. The number of methoxy groups -OCH3 is 1. The van der Waals surface area contributed by atoms with Crippen molar-refractivity contribution in [2.45, 2.75) is 27.7 Å². The molecule has 2 rings (SSSR count). The molecule has 0 atom stereocenters. The Morgan fingerprint density at radius 3 is 2.46 bits per heavy atom. The summed E-state index contributed by atoms with van der Waals surface area (Å²) in [5.41, 5.74) is 2.25. The summed E-state index contributed by atoms with van der Waals surface area (Å²) >= 11 is 0. The fourth-order valence-electron chi connectivity index (χ4n) is 3.09. The van der Waals surface area contributed by atoms with Crippen LogP contribution >= 0.6 is 0 Å². The lowest BCUT2D eigenvalue weighted by molar-refractivity contribution is 0.0519. The maximum atomic E-state index is 12.9. The Labute approximate surface area is 164 Å². The van der Waals surface area contributed by atoms with Crippen LogP contribution in [0, 0.1) is 13.8 Å². The first-order valence-electron chi connectivity index (χ1n) is 9.16. The third-order valence-electron chi connectivity index (χ3n) is 4.52. The minimum absolute atomic E-state index is 0.0889. The molecule has 0 unspecified atom stereocenters. The number of Topliss-reactive ketones (excluding diaryl/α,β-unsaturated/α-hetero) is 1. The Morgan fingerprint density at radius 2 is 1.86 bits per heavy atom. The molecule has 7 nitrogen and oxygen atoms in total. The van der Waals surface area contributed by atoms with Gasteiger partial charge in [0.2, 0.25) is 0 Å². The number of aromatic nitrogens is 1. The van der Waals surface area contributed by atoms with Gasteiger partial charge in [0.1, 0.15) is 11.4 Å². The highest BCUT2D eigenvalue weighted by Gasteiger charge is 2.25. The Kier molecular flexibility index (Phi) is 6.98. The molecule has 7 heteroatoms. The normalized spacial score (nSPS) is 10.5. The highest BCUT2D eigenvalue weighted by Crippen LogP contribution is 2.21. The lowest BCUT2D eigenvalue weighted by Crippen LogP contribution is -2.35. The van der Waals surface area contributed by atoms with Crippen molar-refractivity contribution in [1.29, 1.82) is 0 Å². The number of nitrogens with zero attached hydrogens (tertiary/aromatic N) is 1. The predicted octanol–water partition coefficient (Wildman–Crippen LogP) is 3.16. The fraction of sp³-hybridized carbons (Fsp3) is 0.381. The average molecular weight is 386 g/mol. The number of amides is 1.